The second-order valence-electron chi connectivity index (χ2n) is 3.84. The van der Waals surface area contributed by atoms with Crippen molar-refractivity contribution in [2.45, 2.75) is 39.0 Å². The van der Waals surface area contributed by atoms with Crippen molar-refractivity contribution in [3.8, 4) is 0 Å². The number of carbonyl (C=O) groups is 2. The molecule has 0 aliphatic rings. The third-order valence-corrected chi connectivity index (χ3v) is 2.36. The summed E-state index contributed by atoms with van der Waals surface area (Å²) in [4.78, 5) is 22.8. The Morgan fingerprint density at radius 3 is 1.76 bits per heavy atom. The Morgan fingerprint density at radius 1 is 0.941 bits per heavy atom. The number of hydrogen-bond acceptors (Lipinski definition) is 3. The van der Waals surface area contributed by atoms with Crippen LogP contribution >= 0.6 is 12.4 Å². The van der Waals surface area contributed by atoms with Crippen LogP contribution in [-0.4, -0.2) is 46.7 Å². The monoisotopic (exact) mass is 267 g/mol. The second kappa shape index (κ2) is 11.7. The molecule has 0 saturated carbocycles. The number of carboxylic acids is 2. The van der Waals surface area contributed by atoms with E-state index >= 15 is 0 Å². The lowest BCUT2D eigenvalue weighted by Crippen LogP contribution is -2.29. The Hall–Kier alpha value is -0.810. The van der Waals surface area contributed by atoms with Gasteiger partial charge in [-0.25, -0.2) is 0 Å². The molecular weight excluding hydrogens is 246 g/mol. The van der Waals surface area contributed by atoms with Gasteiger partial charge in [0.25, 0.3) is 0 Å². The van der Waals surface area contributed by atoms with Crippen LogP contribution in [0, 0.1) is 0 Å². The molecular formula is C11H22ClNO4. The molecule has 0 aromatic carbocycles. The number of unbranched alkanes of at least 4 members (excludes halogenated alkanes) is 2. The molecule has 0 saturated heterocycles. The van der Waals surface area contributed by atoms with E-state index in [9.17, 15) is 9.59 Å². The van der Waals surface area contributed by atoms with Crippen LogP contribution in [0.25, 0.3) is 0 Å². The van der Waals surface area contributed by atoms with Gasteiger partial charge in [-0.2, -0.15) is 0 Å². The summed E-state index contributed by atoms with van der Waals surface area (Å²) in [7, 11) is 0. The van der Waals surface area contributed by atoms with Crippen LogP contribution in [0.1, 0.15) is 39.0 Å². The second-order valence-corrected chi connectivity index (χ2v) is 3.84. The Kier molecular flexibility index (Phi) is 12.7. The molecule has 0 heterocycles. The van der Waals surface area contributed by atoms with Gasteiger partial charge in [-0.05, 0) is 13.0 Å². The van der Waals surface area contributed by atoms with E-state index in [0.717, 1.165) is 25.8 Å². The molecule has 5 nitrogen and oxygen atoms in total. The minimum Gasteiger partial charge on any atom is -0.481 e. The minimum atomic E-state index is -0.837. The minimum absolute atomic E-state index is 0. The summed E-state index contributed by atoms with van der Waals surface area (Å²) in [6, 6.07) is 0. The lowest BCUT2D eigenvalue weighted by atomic mass is 10.2. The summed E-state index contributed by atoms with van der Waals surface area (Å²) in [5.41, 5.74) is 0. The van der Waals surface area contributed by atoms with Gasteiger partial charge in [0.1, 0.15) is 0 Å². The summed E-state index contributed by atoms with van der Waals surface area (Å²) in [5, 5.41) is 17.1. The van der Waals surface area contributed by atoms with Crippen molar-refractivity contribution in [1.29, 1.82) is 0 Å². The van der Waals surface area contributed by atoms with Crippen molar-refractivity contribution in [2.24, 2.45) is 0 Å². The van der Waals surface area contributed by atoms with Gasteiger partial charge < -0.3 is 15.1 Å². The van der Waals surface area contributed by atoms with Crippen LogP contribution in [0.3, 0.4) is 0 Å². The highest BCUT2D eigenvalue weighted by Gasteiger charge is 2.08. The van der Waals surface area contributed by atoms with E-state index in [4.69, 9.17) is 10.2 Å². The molecule has 0 aromatic rings. The van der Waals surface area contributed by atoms with Gasteiger partial charge in [0, 0.05) is 13.1 Å². The number of halogens is 1. The Morgan fingerprint density at radius 2 is 1.41 bits per heavy atom. The van der Waals surface area contributed by atoms with Gasteiger partial charge >= 0.3 is 11.9 Å². The van der Waals surface area contributed by atoms with E-state index < -0.39 is 11.9 Å². The van der Waals surface area contributed by atoms with E-state index in [1.807, 2.05) is 4.90 Å². The molecule has 0 atom stereocenters. The first kappa shape index (κ1) is 18.6. The summed E-state index contributed by atoms with van der Waals surface area (Å²) in [6.07, 6.45) is 3.34. The zero-order valence-electron chi connectivity index (χ0n) is 10.2. The van der Waals surface area contributed by atoms with Gasteiger partial charge in [0.05, 0.1) is 12.8 Å². The molecule has 0 fully saturated rings. The van der Waals surface area contributed by atoms with Crippen LogP contribution in [0.15, 0.2) is 0 Å². The number of carboxylic acid groups (broad SMARTS) is 2. The fourth-order valence-corrected chi connectivity index (χ4v) is 1.43. The first-order valence-electron chi connectivity index (χ1n) is 5.72. The predicted molar refractivity (Wildman–Crippen MR) is 67.7 cm³/mol. The van der Waals surface area contributed by atoms with E-state index in [1.54, 1.807) is 0 Å². The van der Waals surface area contributed by atoms with Gasteiger partial charge in [-0.15, -0.1) is 12.4 Å². The van der Waals surface area contributed by atoms with Crippen LogP contribution in [0.5, 0.6) is 0 Å². The van der Waals surface area contributed by atoms with E-state index in [0.29, 0.717) is 13.1 Å². The maximum absolute atomic E-state index is 10.4. The molecule has 102 valence electrons. The smallest absolute Gasteiger partial charge is 0.304 e. The molecule has 0 radical (unpaired) electrons. The Balaban J connectivity index is 0. The highest BCUT2D eigenvalue weighted by atomic mass is 35.5. The van der Waals surface area contributed by atoms with Crippen LogP contribution in [0.4, 0.5) is 0 Å². The van der Waals surface area contributed by atoms with Crippen molar-refractivity contribution in [1.82, 2.24) is 4.90 Å². The van der Waals surface area contributed by atoms with Crippen molar-refractivity contribution in [3.63, 3.8) is 0 Å². The number of aliphatic carboxylic acids is 2. The lowest BCUT2D eigenvalue weighted by Gasteiger charge is -2.20. The maximum Gasteiger partial charge on any atom is 0.304 e. The third-order valence-electron chi connectivity index (χ3n) is 2.36. The summed E-state index contributed by atoms with van der Waals surface area (Å²) in [6.45, 7) is 3.76. The highest BCUT2D eigenvalue weighted by molar-refractivity contribution is 5.85. The third kappa shape index (κ3) is 13.1. The fourth-order valence-electron chi connectivity index (χ4n) is 1.43. The average Bonchev–Trinajstić information content (AvgIpc) is 2.21. The van der Waals surface area contributed by atoms with Crippen LogP contribution in [-0.2, 0) is 9.59 Å². The number of rotatable bonds is 10. The number of nitrogens with zero attached hydrogens (tertiary/aromatic N) is 1. The molecule has 0 amide bonds. The normalized spacial score (nSPS) is 10.0. The Bertz CT molecular complexity index is 206. The summed E-state index contributed by atoms with van der Waals surface area (Å²) >= 11 is 0. The van der Waals surface area contributed by atoms with E-state index in [1.165, 1.54) is 0 Å². The molecule has 0 spiro atoms. The lowest BCUT2D eigenvalue weighted by molar-refractivity contribution is -0.137. The molecule has 0 aliphatic carbocycles. The highest BCUT2D eigenvalue weighted by Crippen LogP contribution is 2.01. The molecule has 0 unspecified atom stereocenters. The summed E-state index contributed by atoms with van der Waals surface area (Å²) in [5.74, 6) is -1.67. The largest absolute Gasteiger partial charge is 0.481 e. The molecule has 0 aliphatic heterocycles. The zero-order valence-corrected chi connectivity index (χ0v) is 11.0. The van der Waals surface area contributed by atoms with Crippen molar-refractivity contribution in [2.75, 3.05) is 19.6 Å². The van der Waals surface area contributed by atoms with Gasteiger partial charge in [0.15, 0.2) is 0 Å². The molecule has 0 aromatic heterocycles. The first-order valence-corrected chi connectivity index (χ1v) is 5.72. The quantitative estimate of drug-likeness (QED) is 0.591. The average molecular weight is 268 g/mol. The molecule has 0 rings (SSSR count). The molecule has 0 bridgehead atoms. The van der Waals surface area contributed by atoms with Crippen LogP contribution < -0.4 is 0 Å². The van der Waals surface area contributed by atoms with Crippen molar-refractivity contribution in [3.05, 3.63) is 0 Å². The summed E-state index contributed by atoms with van der Waals surface area (Å²) < 4.78 is 0. The standard InChI is InChI=1S/C11H21NO4.ClH/c1-2-3-4-7-12(8-5-10(13)14)9-6-11(15)16;/h2-9H2,1H3,(H,13,14)(H,15,16);1H. The van der Waals surface area contributed by atoms with E-state index in [2.05, 4.69) is 6.92 Å². The first-order chi connectivity index (χ1) is 7.56. The predicted octanol–water partition coefficient (Wildman–Crippen LogP) is 1.85. The van der Waals surface area contributed by atoms with Gasteiger partial charge in [-0.1, -0.05) is 19.8 Å². The van der Waals surface area contributed by atoms with Gasteiger partial charge in [0.2, 0.25) is 0 Å². The van der Waals surface area contributed by atoms with Gasteiger partial charge in [-0.3, -0.25) is 9.59 Å². The van der Waals surface area contributed by atoms with Crippen LogP contribution in [0.2, 0.25) is 0 Å². The van der Waals surface area contributed by atoms with E-state index in [-0.39, 0.29) is 25.2 Å². The molecule has 2 N–H and O–H groups in total. The maximum atomic E-state index is 10.4. The Labute approximate surface area is 108 Å². The number of hydrogen-bond donors (Lipinski definition) is 2. The SMILES string of the molecule is CCCCCN(CCC(=O)O)CCC(=O)O.Cl. The molecule has 6 heteroatoms. The fraction of sp³-hybridized carbons (Fsp3) is 0.818. The zero-order chi connectivity index (χ0) is 12.4. The van der Waals surface area contributed by atoms with Crippen molar-refractivity contribution >= 4 is 24.3 Å². The van der Waals surface area contributed by atoms with Crippen molar-refractivity contribution < 1.29 is 19.8 Å². The molecule has 17 heavy (non-hydrogen) atoms. The topological polar surface area (TPSA) is 77.8 Å².